The normalized spacial score (nSPS) is 10.9. The molecule has 0 fully saturated rings. The van der Waals surface area contributed by atoms with Crippen LogP contribution in [0.4, 0.5) is 0 Å². The summed E-state index contributed by atoms with van der Waals surface area (Å²) >= 11 is 6.38. The molecule has 0 aliphatic rings. The minimum atomic E-state index is 0. The van der Waals surface area contributed by atoms with Crippen LogP contribution in [0.1, 0.15) is 23.2 Å². The quantitative estimate of drug-likeness (QED) is 0.533. The van der Waals surface area contributed by atoms with E-state index in [9.17, 15) is 0 Å². The van der Waals surface area contributed by atoms with Gasteiger partial charge in [-0.15, -0.1) is 12.4 Å². The van der Waals surface area contributed by atoms with Gasteiger partial charge in [-0.3, -0.25) is 0 Å². The Morgan fingerprint density at radius 3 is 2.58 bits per heavy atom. The van der Waals surface area contributed by atoms with Crippen molar-refractivity contribution in [2.24, 2.45) is 0 Å². The zero-order valence-corrected chi connectivity index (χ0v) is 16.9. The fourth-order valence-electron chi connectivity index (χ4n) is 3.28. The van der Waals surface area contributed by atoms with E-state index in [4.69, 9.17) is 16.3 Å². The summed E-state index contributed by atoms with van der Waals surface area (Å²) in [6.45, 7) is 5.60. The minimum Gasteiger partial charge on any atom is -0.385 e. The van der Waals surface area contributed by atoms with E-state index in [-0.39, 0.29) is 12.4 Å². The Balaban J connectivity index is 0.00000243. The topological polar surface area (TPSA) is 26.2 Å². The van der Waals surface area contributed by atoms with E-state index in [0.29, 0.717) is 0 Å². The van der Waals surface area contributed by atoms with E-state index in [0.717, 1.165) is 43.2 Å². The first-order valence-electron chi connectivity index (χ1n) is 8.72. The van der Waals surface area contributed by atoms with E-state index in [1.165, 1.54) is 22.2 Å². The maximum atomic E-state index is 6.38. The first kappa shape index (κ1) is 20.8. The predicted octanol–water partition coefficient (Wildman–Crippen LogP) is 5.20. The number of benzene rings is 2. The smallest absolute Gasteiger partial charge is 0.0493 e. The van der Waals surface area contributed by atoms with E-state index < -0.39 is 0 Å². The Bertz CT molecular complexity index is 845. The number of hydrogen-bond acceptors (Lipinski definition) is 2. The predicted molar refractivity (Wildman–Crippen MR) is 113 cm³/mol. The number of hydrogen-bond donors (Lipinski definition) is 1. The van der Waals surface area contributed by atoms with Crippen LogP contribution < -0.4 is 5.32 Å². The Kier molecular flexibility index (Phi) is 7.98. The number of fused-ring (bicyclic) bond motifs is 1. The number of halogens is 2. The maximum absolute atomic E-state index is 6.38. The molecular weight excluding hydrogens is 367 g/mol. The summed E-state index contributed by atoms with van der Waals surface area (Å²) in [5, 5.41) is 5.67. The van der Waals surface area contributed by atoms with Crippen LogP contribution in [0.2, 0.25) is 5.02 Å². The fourth-order valence-corrected chi connectivity index (χ4v) is 3.48. The maximum Gasteiger partial charge on any atom is 0.0493 e. The van der Waals surface area contributed by atoms with Crippen LogP contribution in [0, 0.1) is 6.92 Å². The van der Waals surface area contributed by atoms with E-state index in [1.807, 2.05) is 18.2 Å². The molecule has 0 spiro atoms. The molecule has 0 saturated heterocycles. The van der Waals surface area contributed by atoms with Gasteiger partial charge in [0.2, 0.25) is 0 Å². The number of para-hydroxylation sites is 1. The van der Waals surface area contributed by atoms with Gasteiger partial charge in [0.1, 0.15) is 0 Å². The Morgan fingerprint density at radius 1 is 1.08 bits per heavy atom. The number of ether oxygens (including phenoxy) is 1. The molecule has 0 bridgehead atoms. The van der Waals surface area contributed by atoms with Gasteiger partial charge in [0.05, 0.1) is 0 Å². The Hall–Kier alpha value is -1.52. The molecule has 5 heteroatoms. The largest absolute Gasteiger partial charge is 0.385 e. The molecule has 0 unspecified atom stereocenters. The van der Waals surface area contributed by atoms with Crippen molar-refractivity contribution in [2.45, 2.75) is 26.4 Å². The standard InChI is InChI=1S/C21H25ClN2O.ClH/c1-16-19(14-23-12-7-13-25-2)18-9-4-6-11-21(18)24(16)15-17-8-3-5-10-20(17)22;/h3-6,8-11,23H,7,12-15H2,1-2H3;1H. The summed E-state index contributed by atoms with van der Waals surface area (Å²) in [7, 11) is 1.74. The molecule has 2 aromatic carbocycles. The van der Waals surface area contributed by atoms with Crippen LogP contribution in [0.5, 0.6) is 0 Å². The van der Waals surface area contributed by atoms with Crippen molar-refractivity contribution in [3.8, 4) is 0 Å². The summed E-state index contributed by atoms with van der Waals surface area (Å²) in [6, 6.07) is 16.7. The van der Waals surface area contributed by atoms with Gasteiger partial charge in [0, 0.05) is 48.4 Å². The molecule has 0 amide bonds. The molecule has 0 aliphatic heterocycles. The molecule has 0 aliphatic carbocycles. The van der Waals surface area contributed by atoms with Gasteiger partial charge in [-0.05, 0) is 43.1 Å². The third-order valence-electron chi connectivity index (χ3n) is 4.65. The average Bonchev–Trinajstić information content (AvgIpc) is 2.89. The molecule has 1 heterocycles. The second-order valence-electron chi connectivity index (χ2n) is 6.28. The number of nitrogens with zero attached hydrogens (tertiary/aromatic N) is 1. The summed E-state index contributed by atoms with van der Waals surface area (Å²) < 4.78 is 7.48. The molecule has 0 radical (unpaired) electrons. The molecule has 3 rings (SSSR count). The van der Waals surface area contributed by atoms with Crippen LogP contribution in [0.3, 0.4) is 0 Å². The van der Waals surface area contributed by atoms with E-state index in [1.54, 1.807) is 7.11 Å². The third-order valence-corrected chi connectivity index (χ3v) is 5.02. The van der Waals surface area contributed by atoms with Crippen molar-refractivity contribution in [3.63, 3.8) is 0 Å². The molecule has 3 aromatic rings. The van der Waals surface area contributed by atoms with E-state index in [2.05, 4.69) is 47.1 Å². The lowest BCUT2D eigenvalue weighted by Gasteiger charge is -2.11. The molecule has 3 nitrogen and oxygen atoms in total. The molecule has 140 valence electrons. The number of rotatable bonds is 8. The highest BCUT2D eigenvalue weighted by Gasteiger charge is 2.14. The fraction of sp³-hybridized carbons (Fsp3) is 0.333. The number of aromatic nitrogens is 1. The minimum absolute atomic E-state index is 0. The van der Waals surface area contributed by atoms with E-state index >= 15 is 0 Å². The van der Waals surface area contributed by atoms with Crippen molar-refractivity contribution in [2.75, 3.05) is 20.3 Å². The first-order valence-corrected chi connectivity index (χ1v) is 9.10. The lowest BCUT2D eigenvalue weighted by Crippen LogP contribution is -2.16. The zero-order chi connectivity index (χ0) is 17.6. The summed E-state index contributed by atoms with van der Waals surface area (Å²) in [4.78, 5) is 0. The first-order chi connectivity index (χ1) is 12.2. The van der Waals surface area contributed by atoms with Crippen molar-refractivity contribution in [3.05, 3.63) is 70.4 Å². The highest BCUT2D eigenvalue weighted by Crippen LogP contribution is 2.28. The monoisotopic (exact) mass is 392 g/mol. The van der Waals surface area contributed by atoms with Gasteiger partial charge in [-0.2, -0.15) is 0 Å². The van der Waals surface area contributed by atoms with Crippen LogP contribution in [-0.2, 0) is 17.8 Å². The Morgan fingerprint density at radius 2 is 1.81 bits per heavy atom. The van der Waals surface area contributed by atoms with Gasteiger partial charge in [-0.25, -0.2) is 0 Å². The van der Waals surface area contributed by atoms with Gasteiger partial charge in [0.15, 0.2) is 0 Å². The summed E-state index contributed by atoms with van der Waals surface area (Å²) in [5.41, 5.74) is 5.06. The number of methoxy groups -OCH3 is 1. The SMILES string of the molecule is COCCCNCc1c(C)n(Cc2ccccc2Cl)c2ccccc12.Cl. The number of nitrogens with one attached hydrogen (secondary N) is 1. The van der Waals surface area contributed by atoms with Crippen LogP contribution in [0.15, 0.2) is 48.5 Å². The molecule has 26 heavy (non-hydrogen) atoms. The van der Waals surface area contributed by atoms with Gasteiger partial charge < -0.3 is 14.6 Å². The van der Waals surface area contributed by atoms with Crippen LogP contribution in [-0.4, -0.2) is 24.8 Å². The highest BCUT2D eigenvalue weighted by molar-refractivity contribution is 6.31. The Labute approximate surface area is 166 Å². The average molecular weight is 393 g/mol. The van der Waals surface area contributed by atoms with Crippen molar-refractivity contribution >= 4 is 34.9 Å². The molecule has 0 atom stereocenters. The van der Waals surface area contributed by atoms with Gasteiger partial charge >= 0.3 is 0 Å². The lowest BCUT2D eigenvalue weighted by atomic mass is 10.1. The van der Waals surface area contributed by atoms with Crippen LogP contribution >= 0.6 is 24.0 Å². The second kappa shape index (κ2) is 9.98. The van der Waals surface area contributed by atoms with Crippen molar-refractivity contribution in [1.29, 1.82) is 0 Å². The molecule has 1 N–H and O–H groups in total. The highest BCUT2D eigenvalue weighted by atomic mass is 35.5. The summed E-state index contributed by atoms with van der Waals surface area (Å²) in [5.74, 6) is 0. The van der Waals surface area contributed by atoms with Crippen LogP contribution in [0.25, 0.3) is 10.9 Å². The summed E-state index contributed by atoms with van der Waals surface area (Å²) in [6.07, 6.45) is 1.02. The van der Waals surface area contributed by atoms with Crippen molar-refractivity contribution in [1.82, 2.24) is 9.88 Å². The molecule has 1 aromatic heterocycles. The van der Waals surface area contributed by atoms with Gasteiger partial charge in [0.25, 0.3) is 0 Å². The van der Waals surface area contributed by atoms with Gasteiger partial charge in [-0.1, -0.05) is 48.0 Å². The van der Waals surface area contributed by atoms with Crippen molar-refractivity contribution < 1.29 is 4.74 Å². The second-order valence-corrected chi connectivity index (χ2v) is 6.69. The molecular formula is C21H26Cl2N2O. The molecule has 0 saturated carbocycles. The zero-order valence-electron chi connectivity index (χ0n) is 15.3. The lowest BCUT2D eigenvalue weighted by molar-refractivity contribution is 0.194. The third kappa shape index (κ3) is 4.60.